The van der Waals surface area contributed by atoms with Crippen LogP contribution in [0.3, 0.4) is 0 Å². The molecule has 0 amide bonds. The molecule has 0 fully saturated rings. The summed E-state index contributed by atoms with van der Waals surface area (Å²) < 4.78 is 0. The first-order valence-corrected chi connectivity index (χ1v) is 6.94. The summed E-state index contributed by atoms with van der Waals surface area (Å²) in [5.41, 5.74) is 3.88. The molecule has 0 spiro atoms. The Labute approximate surface area is 112 Å². The molecule has 1 aliphatic rings. The second-order valence-electron chi connectivity index (χ2n) is 5.42. The summed E-state index contributed by atoms with van der Waals surface area (Å²) >= 11 is 0. The standard InChI is InChI=1S/C15H19N3O/c1-3-10-4-5-12-13(7-10)18-15(17-12)11-8-16-9(2)6-14(11)19/h6,8,10H,3-5,7H2,1-2H3,(H,16,19)(H,17,18). The smallest absolute Gasteiger partial charge is 0.192 e. The number of imidazole rings is 1. The van der Waals surface area contributed by atoms with E-state index in [4.69, 9.17) is 0 Å². The highest BCUT2D eigenvalue weighted by Crippen LogP contribution is 2.27. The third kappa shape index (κ3) is 2.23. The fraction of sp³-hybridized carbons (Fsp3) is 0.467. The van der Waals surface area contributed by atoms with Crippen molar-refractivity contribution in [2.45, 2.75) is 39.5 Å². The molecule has 2 aromatic rings. The molecule has 0 aliphatic heterocycles. The topological polar surface area (TPSA) is 61.5 Å². The SMILES string of the molecule is CCC1CCc2nc(-c3c[nH]c(C)cc3=O)[nH]c2C1. The Morgan fingerprint density at radius 3 is 3.05 bits per heavy atom. The zero-order chi connectivity index (χ0) is 13.4. The van der Waals surface area contributed by atoms with Gasteiger partial charge < -0.3 is 9.97 Å². The number of hydrogen-bond donors (Lipinski definition) is 2. The van der Waals surface area contributed by atoms with Gasteiger partial charge in [0.1, 0.15) is 5.82 Å². The van der Waals surface area contributed by atoms with Crippen LogP contribution in [0.5, 0.6) is 0 Å². The molecule has 4 heteroatoms. The molecule has 0 aromatic carbocycles. The van der Waals surface area contributed by atoms with Crippen molar-refractivity contribution in [2.24, 2.45) is 5.92 Å². The number of fused-ring (bicyclic) bond motifs is 1. The molecule has 2 heterocycles. The van der Waals surface area contributed by atoms with Crippen LogP contribution in [0.25, 0.3) is 11.4 Å². The van der Waals surface area contributed by atoms with E-state index in [-0.39, 0.29) is 5.43 Å². The lowest BCUT2D eigenvalue weighted by Crippen LogP contribution is -2.12. The molecule has 0 bridgehead atoms. The number of aromatic nitrogens is 3. The normalized spacial score (nSPS) is 18.3. The molecule has 100 valence electrons. The van der Waals surface area contributed by atoms with E-state index < -0.39 is 0 Å². The molecular formula is C15H19N3O. The maximum Gasteiger partial charge on any atom is 0.192 e. The molecule has 1 unspecified atom stereocenters. The van der Waals surface area contributed by atoms with Gasteiger partial charge in [0.25, 0.3) is 0 Å². The number of nitrogens with zero attached hydrogens (tertiary/aromatic N) is 1. The zero-order valence-corrected chi connectivity index (χ0v) is 11.4. The summed E-state index contributed by atoms with van der Waals surface area (Å²) in [7, 11) is 0. The van der Waals surface area contributed by atoms with Gasteiger partial charge in [-0.3, -0.25) is 4.79 Å². The van der Waals surface area contributed by atoms with Crippen molar-refractivity contribution in [1.82, 2.24) is 15.0 Å². The van der Waals surface area contributed by atoms with Gasteiger partial charge in [0.2, 0.25) is 0 Å². The minimum absolute atomic E-state index is 0.0226. The average molecular weight is 257 g/mol. The number of aryl methyl sites for hydroxylation is 2. The van der Waals surface area contributed by atoms with Gasteiger partial charge in [-0.05, 0) is 32.1 Å². The fourth-order valence-electron chi connectivity index (χ4n) is 2.79. The summed E-state index contributed by atoms with van der Waals surface area (Å²) in [5.74, 6) is 1.46. The second kappa shape index (κ2) is 4.68. The summed E-state index contributed by atoms with van der Waals surface area (Å²) in [6.45, 7) is 4.11. The molecule has 2 aromatic heterocycles. The Kier molecular flexibility index (Phi) is 3.01. The number of aromatic amines is 2. The largest absolute Gasteiger partial charge is 0.364 e. The summed E-state index contributed by atoms with van der Waals surface area (Å²) in [4.78, 5) is 23.0. The molecule has 0 radical (unpaired) electrons. The third-order valence-corrected chi connectivity index (χ3v) is 4.04. The van der Waals surface area contributed by atoms with Crippen LogP contribution in [0.1, 0.15) is 36.8 Å². The number of H-pyrrole nitrogens is 2. The molecule has 1 atom stereocenters. The Morgan fingerprint density at radius 1 is 1.47 bits per heavy atom. The monoisotopic (exact) mass is 257 g/mol. The van der Waals surface area contributed by atoms with E-state index in [0.717, 1.165) is 30.1 Å². The van der Waals surface area contributed by atoms with Gasteiger partial charge in [0.05, 0.1) is 11.3 Å². The second-order valence-corrected chi connectivity index (χ2v) is 5.42. The van der Waals surface area contributed by atoms with Crippen molar-refractivity contribution in [3.8, 4) is 11.4 Å². The van der Waals surface area contributed by atoms with E-state index in [2.05, 4.69) is 21.9 Å². The van der Waals surface area contributed by atoms with Crippen LogP contribution in [0.15, 0.2) is 17.1 Å². The van der Waals surface area contributed by atoms with Gasteiger partial charge in [0.15, 0.2) is 5.43 Å². The Bertz CT molecular complexity index is 654. The zero-order valence-electron chi connectivity index (χ0n) is 11.4. The Hall–Kier alpha value is -1.84. The summed E-state index contributed by atoms with van der Waals surface area (Å²) in [6.07, 6.45) is 6.24. The third-order valence-electron chi connectivity index (χ3n) is 4.04. The maximum absolute atomic E-state index is 12.0. The number of rotatable bonds is 2. The summed E-state index contributed by atoms with van der Waals surface area (Å²) in [5, 5.41) is 0. The lowest BCUT2D eigenvalue weighted by Gasteiger charge is -2.18. The fourth-order valence-corrected chi connectivity index (χ4v) is 2.79. The molecule has 3 rings (SSSR count). The number of hydrogen-bond acceptors (Lipinski definition) is 2. The first-order valence-electron chi connectivity index (χ1n) is 6.94. The lowest BCUT2D eigenvalue weighted by molar-refractivity contribution is 0.438. The first-order chi connectivity index (χ1) is 9.17. The van der Waals surface area contributed by atoms with E-state index in [1.165, 1.54) is 18.5 Å². The van der Waals surface area contributed by atoms with Crippen molar-refractivity contribution in [3.63, 3.8) is 0 Å². The van der Waals surface area contributed by atoms with E-state index in [1.54, 1.807) is 12.3 Å². The van der Waals surface area contributed by atoms with Crippen LogP contribution < -0.4 is 5.43 Å². The van der Waals surface area contributed by atoms with Gasteiger partial charge in [0, 0.05) is 23.7 Å². The molecule has 2 N–H and O–H groups in total. The van der Waals surface area contributed by atoms with E-state index >= 15 is 0 Å². The predicted octanol–water partition coefficient (Wildman–Crippen LogP) is 2.59. The highest BCUT2D eigenvalue weighted by molar-refractivity contribution is 5.54. The highest BCUT2D eigenvalue weighted by Gasteiger charge is 2.21. The van der Waals surface area contributed by atoms with Crippen molar-refractivity contribution in [1.29, 1.82) is 0 Å². The first kappa shape index (κ1) is 12.2. The molecule has 4 nitrogen and oxygen atoms in total. The van der Waals surface area contributed by atoms with Crippen LogP contribution in [0.4, 0.5) is 0 Å². The van der Waals surface area contributed by atoms with Crippen molar-refractivity contribution >= 4 is 0 Å². The lowest BCUT2D eigenvalue weighted by atomic mass is 9.88. The quantitative estimate of drug-likeness (QED) is 0.868. The highest BCUT2D eigenvalue weighted by atomic mass is 16.1. The van der Waals surface area contributed by atoms with Crippen LogP contribution in [0, 0.1) is 12.8 Å². The van der Waals surface area contributed by atoms with Crippen molar-refractivity contribution in [2.75, 3.05) is 0 Å². The number of nitrogens with one attached hydrogen (secondary N) is 2. The molecule has 1 aliphatic carbocycles. The molecular weight excluding hydrogens is 238 g/mol. The van der Waals surface area contributed by atoms with Gasteiger partial charge in [-0.1, -0.05) is 13.3 Å². The van der Waals surface area contributed by atoms with Crippen molar-refractivity contribution in [3.05, 3.63) is 39.6 Å². The minimum Gasteiger partial charge on any atom is -0.364 e. The van der Waals surface area contributed by atoms with Crippen LogP contribution in [-0.4, -0.2) is 15.0 Å². The maximum atomic E-state index is 12.0. The predicted molar refractivity (Wildman–Crippen MR) is 75.2 cm³/mol. The van der Waals surface area contributed by atoms with E-state index in [9.17, 15) is 4.79 Å². The van der Waals surface area contributed by atoms with Gasteiger partial charge in [-0.25, -0.2) is 4.98 Å². The van der Waals surface area contributed by atoms with Gasteiger partial charge in [-0.15, -0.1) is 0 Å². The van der Waals surface area contributed by atoms with E-state index in [0.29, 0.717) is 11.4 Å². The van der Waals surface area contributed by atoms with Crippen LogP contribution in [-0.2, 0) is 12.8 Å². The van der Waals surface area contributed by atoms with E-state index in [1.807, 2.05) is 6.92 Å². The Balaban J connectivity index is 1.99. The van der Waals surface area contributed by atoms with Crippen LogP contribution >= 0.6 is 0 Å². The van der Waals surface area contributed by atoms with Gasteiger partial charge in [-0.2, -0.15) is 0 Å². The van der Waals surface area contributed by atoms with Crippen LogP contribution in [0.2, 0.25) is 0 Å². The minimum atomic E-state index is 0.0226. The molecule has 0 saturated heterocycles. The Morgan fingerprint density at radius 2 is 2.32 bits per heavy atom. The van der Waals surface area contributed by atoms with Crippen molar-refractivity contribution < 1.29 is 0 Å². The molecule has 0 saturated carbocycles. The average Bonchev–Trinajstić information content (AvgIpc) is 2.80. The number of pyridine rings is 1. The molecule has 19 heavy (non-hydrogen) atoms. The summed E-state index contributed by atoms with van der Waals surface area (Å²) in [6, 6.07) is 1.62. The van der Waals surface area contributed by atoms with Gasteiger partial charge >= 0.3 is 0 Å².